The van der Waals surface area contributed by atoms with Crippen molar-refractivity contribution in [3.8, 4) is 0 Å². The molecular formula is C9H13N5O2. The zero-order chi connectivity index (χ0) is 12.3. The third kappa shape index (κ3) is 1.92. The van der Waals surface area contributed by atoms with E-state index in [9.17, 15) is 9.59 Å². The second-order valence-corrected chi connectivity index (χ2v) is 2.81. The molecule has 0 amide bonds. The predicted molar refractivity (Wildman–Crippen MR) is 61.2 cm³/mol. The molecule has 0 bridgehead atoms. The molecule has 0 atom stereocenters. The summed E-state index contributed by atoms with van der Waals surface area (Å²) < 4.78 is 1.44. The number of aromatic nitrogens is 4. The SMILES string of the molecule is CC.Cn1cnc2c(=O)nc(N)[nH]c(=O)c21. The quantitative estimate of drug-likeness (QED) is 0.633. The van der Waals surface area contributed by atoms with Crippen molar-refractivity contribution in [1.29, 1.82) is 0 Å². The summed E-state index contributed by atoms with van der Waals surface area (Å²) in [6.45, 7) is 4.00. The first-order valence-electron chi connectivity index (χ1n) is 4.80. The Bertz CT molecular complexity index is 613. The summed E-state index contributed by atoms with van der Waals surface area (Å²) in [5.74, 6) is -0.210. The highest BCUT2D eigenvalue weighted by Crippen LogP contribution is 1.98. The van der Waals surface area contributed by atoms with Gasteiger partial charge in [-0.25, -0.2) is 4.98 Å². The second-order valence-electron chi connectivity index (χ2n) is 2.81. The fourth-order valence-corrected chi connectivity index (χ4v) is 1.22. The Kier molecular flexibility index (Phi) is 3.39. The summed E-state index contributed by atoms with van der Waals surface area (Å²) in [5, 5.41) is 0. The smallest absolute Gasteiger partial charge is 0.301 e. The highest BCUT2D eigenvalue weighted by atomic mass is 16.1. The van der Waals surface area contributed by atoms with Crippen molar-refractivity contribution in [1.82, 2.24) is 19.5 Å². The lowest BCUT2D eigenvalue weighted by Crippen LogP contribution is -2.08. The highest BCUT2D eigenvalue weighted by molar-refractivity contribution is 5.72. The molecule has 0 unspecified atom stereocenters. The highest BCUT2D eigenvalue weighted by Gasteiger charge is 2.07. The van der Waals surface area contributed by atoms with Crippen LogP contribution in [-0.4, -0.2) is 19.5 Å². The largest absolute Gasteiger partial charge is 0.369 e. The Hall–Kier alpha value is -2.18. The Balaban J connectivity index is 0.000000606. The van der Waals surface area contributed by atoms with Crippen LogP contribution in [0.15, 0.2) is 15.9 Å². The van der Waals surface area contributed by atoms with E-state index in [4.69, 9.17) is 5.73 Å². The van der Waals surface area contributed by atoms with Crippen molar-refractivity contribution in [2.75, 3.05) is 5.73 Å². The number of aryl methyl sites for hydroxylation is 1. The van der Waals surface area contributed by atoms with Gasteiger partial charge >= 0.3 is 5.56 Å². The normalized spacial score (nSPS) is 9.69. The predicted octanol–water partition coefficient (Wildman–Crippen LogP) is -0.375. The fourth-order valence-electron chi connectivity index (χ4n) is 1.22. The van der Waals surface area contributed by atoms with Gasteiger partial charge in [-0.2, -0.15) is 4.98 Å². The molecule has 0 aliphatic heterocycles. The Morgan fingerprint density at radius 2 is 2.00 bits per heavy atom. The summed E-state index contributed by atoms with van der Waals surface area (Å²) in [6.07, 6.45) is 1.37. The average Bonchev–Trinajstić information content (AvgIpc) is 2.57. The van der Waals surface area contributed by atoms with Crippen LogP contribution in [0.1, 0.15) is 13.8 Å². The summed E-state index contributed by atoms with van der Waals surface area (Å²) in [6, 6.07) is 0. The maximum Gasteiger partial charge on any atom is 0.301 e. The van der Waals surface area contributed by atoms with Gasteiger partial charge in [0.1, 0.15) is 5.52 Å². The number of rotatable bonds is 0. The van der Waals surface area contributed by atoms with Crippen LogP contribution in [-0.2, 0) is 7.05 Å². The van der Waals surface area contributed by atoms with Crippen LogP contribution in [0.3, 0.4) is 0 Å². The van der Waals surface area contributed by atoms with E-state index in [1.54, 1.807) is 7.05 Å². The van der Waals surface area contributed by atoms with Crippen LogP contribution >= 0.6 is 0 Å². The van der Waals surface area contributed by atoms with Gasteiger partial charge in [-0.1, -0.05) is 13.8 Å². The van der Waals surface area contributed by atoms with Gasteiger partial charge in [0.2, 0.25) is 5.95 Å². The zero-order valence-corrected chi connectivity index (χ0v) is 9.31. The number of imidazole rings is 1. The van der Waals surface area contributed by atoms with E-state index >= 15 is 0 Å². The van der Waals surface area contributed by atoms with Gasteiger partial charge in [-0.05, 0) is 0 Å². The standard InChI is InChI=1S/C7H7N5O2.C2H6/c1-12-2-9-3-4(12)6(14)11-7(8)10-5(3)13;1-2/h2H,1H3,(H3,8,10,11,13,14);1-2H3. The number of nitrogens with zero attached hydrogens (tertiary/aromatic N) is 3. The van der Waals surface area contributed by atoms with E-state index in [0.717, 1.165) is 0 Å². The van der Waals surface area contributed by atoms with Gasteiger partial charge in [0.15, 0.2) is 5.52 Å². The maximum atomic E-state index is 11.5. The van der Waals surface area contributed by atoms with Crippen LogP contribution in [0.2, 0.25) is 0 Å². The molecule has 0 spiro atoms. The van der Waals surface area contributed by atoms with E-state index < -0.39 is 11.1 Å². The van der Waals surface area contributed by atoms with Gasteiger partial charge < -0.3 is 10.3 Å². The summed E-state index contributed by atoms with van der Waals surface area (Å²) in [5.41, 5.74) is 4.36. The number of hydrogen-bond donors (Lipinski definition) is 2. The first kappa shape index (κ1) is 11.9. The van der Waals surface area contributed by atoms with Crippen molar-refractivity contribution in [2.45, 2.75) is 13.8 Å². The van der Waals surface area contributed by atoms with Gasteiger partial charge in [0, 0.05) is 7.05 Å². The molecule has 0 aliphatic carbocycles. The van der Waals surface area contributed by atoms with Crippen molar-refractivity contribution in [3.63, 3.8) is 0 Å². The third-order valence-corrected chi connectivity index (χ3v) is 1.82. The average molecular weight is 223 g/mol. The molecule has 0 saturated heterocycles. The lowest BCUT2D eigenvalue weighted by atomic mass is 10.5. The van der Waals surface area contributed by atoms with Crippen LogP contribution < -0.4 is 16.9 Å². The number of anilines is 1. The molecule has 2 aromatic rings. The van der Waals surface area contributed by atoms with E-state index in [1.165, 1.54) is 10.9 Å². The number of nitrogens with two attached hydrogens (primary N) is 1. The van der Waals surface area contributed by atoms with E-state index in [1.807, 2.05) is 13.8 Å². The molecule has 86 valence electrons. The monoisotopic (exact) mass is 223 g/mol. The first-order chi connectivity index (χ1) is 7.59. The van der Waals surface area contributed by atoms with Gasteiger partial charge in [0.05, 0.1) is 6.33 Å². The van der Waals surface area contributed by atoms with Crippen molar-refractivity contribution in [3.05, 3.63) is 27.0 Å². The fraction of sp³-hybridized carbons (Fsp3) is 0.333. The number of aromatic amines is 1. The van der Waals surface area contributed by atoms with Crippen LogP contribution in [0, 0.1) is 0 Å². The van der Waals surface area contributed by atoms with E-state index in [0.29, 0.717) is 0 Å². The number of nitrogen functional groups attached to an aromatic ring is 1. The molecule has 0 aromatic carbocycles. The van der Waals surface area contributed by atoms with Crippen molar-refractivity contribution < 1.29 is 0 Å². The maximum absolute atomic E-state index is 11.5. The first-order valence-corrected chi connectivity index (χ1v) is 4.80. The molecule has 0 saturated carbocycles. The van der Waals surface area contributed by atoms with Crippen molar-refractivity contribution in [2.24, 2.45) is 7.05 Å². The lowest BCUT2D eigenvalue weighted by molar-refractivity contribution is 0.938. The molecule has 0 aliphatic rings. The Morgan fingerprint density at radius 3 is 2.62 bits per heavy atom. The summed E-state index contributed by atoms with van der Waals surface area (Å²) in [4.78, 5) is 32.3. The molecule has 0 radical (unpaired) electrons. The second kappa shape index (κ2) is 4.56. The van der Waals surface area contributed by atoms with Crippen molar-refractivity contribution >= 4 is 17.0 Å². The molecular weight excluding hydrogens is 210 g/mol. The summed E-state index contributed by atoms with van der Waals surface area (Å²) >= 11 is 0. The van der Waals surface area contributed by atoms with E-state index in [2.05, 4.69) is 15.0 Å². The van der Waals surface area contributed by atoms with Crippen LogP contribution in [0.4, 0.5) is 5.95 Å². The minimum absolute atomic E-state index is 0.0189. The molecule has 2 aromatic heterocycles. The van der Waals surface area contributed by atoms with Crippen LogP contribution in [0.5, 0.6) is 0 Å². The number of H-pyrrole nitrogens is 1. The third-order valence-electron chi connectivity index (χ3n) is 1.82. The van der Waals surface area contributed by atoms with Gasteiger partial charge in [-0.3, -0.25) is 14.6 Å². The number of hydrogen-bond acceptors (Lipinski definition) is 5. The Morgan fingerprint density at radius 1 is 1.38 bits per heavy atom. The van der Waals surface area contributed by atoms with E-state index in [-0.39, 0.29) is 17.0 Å². The summed E-state index contributed by atoms with van der Waals surface area (Å²) in [7, 11) is 1.61. The number of fused-ring (bicyclic) bond motifs is 1. The minimum Gasteiger partial charge on any atom is -0.369 e. The molecule has 7 heteroatoms. The molecule has 3 N–H and O–H groups in total. The molecule has 7 nitrogen and oxygen atoms in total. The molecule has 0 fully saturated rings. The zero-order valence-electron chi connectivity index (χ0n) is 9.31. The lowest BCUT2D eigenvalue weighted by Gasteiger charge is -1.85. The Labute approximate surface area is 91.0 Å². The molecule has 2 rings (SSSR count). The topological polar surface area (TPSA) is 107 Å². The van der Waals surface area contributed by atoms with Crippen LogP contribution in [0.25, 0.3) is 11.0 Å². The minimum atomic E-state index is -0.614. The number of nitrogens with one attached hydrogen (secondary N) is 1. The molecule has 2 heterocycles. The molecule has 16 heavy (non-hydrogen) atoms. The van der Waals surface area contributed by atoms with Gasteiger partial charge in [-0.15, -0.1) is 0 Å². The van der Waals surface area contributed by atoms with Gasteiger partial charge in [0.25, 0.3) is 5.56 Å².